The molecule has 0 aliphatic rings. The molecule has 1 aromatic heterocycles. The predicted octanol–water partition coefficient (Wildman–Crippen LogP) is 3.23. The molecule has 0 aliphatic heterocycles. The van der Waals surface area contributed by atoms with Gasteiger partial charge in [0.1, 0.15) is 6.07 Å². The molecule has 1 heterocycles. The summed E-state index contributed by atoms with van der Waals surface area (Å²) >= 11 is 0. The number of hydrogen-bond donors (Lipinski definition) is 3. The molecule has 1 aromatic carbocycles. The summed E-state index contributed by atoms with van der Waals surface area (Å²) in [5.74, 6) is 4.78. The predicted molar refractivity (Wildman–Crippen MR) is 92.1 cm³/mol. The van der Waals surface area contributed by atoms with E-state index in [1.54, 1.807) is 6.07 Å². The first-order chi connectivity index (χ1) is 12.7. The first-order valence-corrected chi connectivity index (χ1v) is 7.91. The number of rotatable bonds is 4. The molecule has 0 radical (unpaired) electrons. The maximum absolute atomic E-state index is 13.7. The Balaban J connectivity index is 2.83. The van der Waals surface area contributed by atoms with Gasteiger partial charge >= 0.3 is 12.2 Å². The Kier molecular flexibility index (Phi) is 5.97. The van der Waals surface area contributed by atoms with Gasteiger partial charge in [0.05, 0.1) is 11.3 Å². The first kappa shape index (κ1) is 20.1. The van der Waals surface area contributed by atoms with E-state index < -0.39 is 17.8 Å². The van der Waals surface area contributed by atoms with Crippen molar-refractivity contribution in [2.24, 2.45) is 11.8 Å². The molecule has 0 saturated carbocycles. The highest BCUT2D eigenvalue weighted by molar-refractivity contribution is 5.91. The van der Waals surface area contributed by atoms with Gasteiger partial charge in [-0.3, -0.25) is 5.43 Å². The van der Waals surface area contributed by atoms with Crippen molar-refractivity contribution in [2.45, 2.75) is 26.4 Å². The molecule has 0 unspecified atom stereocenters. The van der Waals surface area contributed by atoms with Crippen LogP contribution in [0.1, 0.15) is 30.8 Å². The average molecular weight is 378 g/mol. The second kappa shape index (κ2) is 8.01. The van der Waals surface area contributed by atoms with E-state index in [-0.39, 0.29) is 40.7 Å². The van der Waals surface area contributed by atoms with Crippen LogP contribution >= 0.6 is 0 Å². The fraction of sp³-hybridized carbons (Fsp3) is 0.294. The van der Waals surface area contributed by atoms with E-state index in [0.717, 1.165) is 6.07 Å². The van der Waals surface area contributed by atoms with Crippen molar-refractivity contribution in [2.75, 3.05) is 5.32 Å². The van der Waals surface area contributed by atoms with Crippen molar-refractivity contribution >= 4 is 11.7 Å². The summed E-state index contributed by atoms with van der Waals surface area (Å²) < 4.78 is 41.0. The monoisotopic (exact) mass is 378 g/mol. The van der Waals surface area contributed by atoms with Crippen LogP contribution in [0.25, 0.3) is 11.3 Å². The molecule has 0 fully saturated rings. The number of urea groups is 1. The maximum Gasteiger partial charge on any atom is 0.417 e. The Morgan fingerprint density at radius 2 is 2.04 bits per heavy atom. The Bertz CT molecular complexity index is 889. The molecule has 27 heavy (non-hydrogen) atoms. The number of nitrogens with two attached hydrogens (primary N) is 1. The van der Waals surface area contributed by atoms with E-state index >= 15 is 0 Å². The van der Waals surface area contributed by atoms with Crippen LogP contribution in [0.15, 0.2) is 24.4 Å². The lowest BCUT2D eigenvalue weighted by Gasteiger charge is -2.21. The summed E-state index contributed by atoms with van der Waals surface area (Å²) in [6.07, 6.45) is -3.22. The molecular weight excluding hydrogens is 361 g/mol. The van der Waals surface area contributed by atoms with Crippen LogP contribution < -0.4 is 16.6 Å². The molecule has 0 atom stereocenters. The molecule has 2 rings (SSSR count). The van der Waals surface area contributed by atoms with Gasteiger partial charge in [0, 0.05) is 17.4 Å². The number of nitriles is 1. The van der Waals surface area contributed by atoms with Crippen molar-refractivity contribution in [3.05, 3.63) is 41.3 Å². The van der Waals surface area contributed by atoms with Gasteiger partial charge in [-0.1, -0.05) is 13.8 Å². The molecular formula is C17H17F3N6O. The number of nitrogens with one attached hydrogen (secondary N) is 2. The van der Waals surface area contributed by atoms with Crippen molar-refractivity contribution < 1.29 is 18.0 Å². The van der Waals surface area contributed by atoms with E-state index in [2.05, 4.69) is 15.3 Å². The lowest BCUT2D eigenvalue weighted by Crippen LogP contribution is -2.34. The fourth-order valence-electron chi connectivity index (χ4n) is 2.62. The quantitative estimate of drug-likeness (QED) is 0.429. The Morgan fingerprint density at radius 3 is 2.59 bits per heavy atom. The summed E-state index contributed by atoms with van der Waals surface area (Å²) in [7, 11) is 0. The number of alkyl halides is 3. The zero-order chi connectivity index (χ0) is 20.2. The number of anilines is 1. The number of nitrogens with zero attached hydrogens (tertiary/aromatic N) is 3. The zero-order valence-corrected chi connectivity index (χ0v) is 14.6. The van der Waals surface area contributed by atoms with Crippen LogP contribution in [-0.4, -0.2) is 16.0 Å². The molecule has 0 aliphatic carbocycles. The Labute approximate surface area is 153 Å². The SMILES string of the molecule is CC(C)Cc1c(NC(=O)NN)ccc(C(F)(F)F)c1-c1ccnc(C#N)n1. The van der Waals surface area contributed by atoms with Gasteiger partial charge in [-0.05, 0) is 36.1 Å². The maximum atomic E-state index is 13.7. The number of aromatic nitrogens is 2. The Morgan fingerprint density at radius 1 is 1.33 bits per heavy atom. The minimum atomic E-state index is -4.66. The van der Waals surface area contributed by atoms with Crippen LogP contribution in [0.4, 0.5) is 23.7 Å². The average Bonchev–Trinajstić information content (AvgIpc) is 2.61. The third-order valence-corrected chi connectivity index (χ3v) is 3.62. The standard InChI is InChI=1S/C17H17F3N6O/c1-9(2)7-10-12(25-16(27)26-22)4-3-11(17(18,19)20)15(10)13-5-6-23-14(8-21)24-13/h3-6,9H,7,22H2,1-2H3,(H2,25,26,27). The fourth-order valence-corrected chi connectivity index (χ4v) is 2.62. The number of hydrazine groups is 1. The van der Waals surface area contributed by atoms with Crippen LogP contribution in [-0.2, 0) is 12.6 Å². The number of carbonyl (C=O) groups is 1. The highest BCUT2D eigenvalue weighted by Gasteiger charge is 2.36. The van der Waals surface area contributed by atoms with Crippen molar-refractivity contribution in [1.29, 1.82) is 5.26 Å². The topological polar surface area (TPSA) is 117 Å². The second-order valence-corrected chi connectivity index (χ2v) is 6.09. The largest absolute Gasteiger partial charge is 0.417 e. The van der Waals surface area contributed by atoms with E-state index in [1.165, 1.54) is 18.3 Å². The van der Waals surface area contributed by atoms with Gasteiger partial charge in [-0.25, -0.2) is 20.6 Å². The van der Waals surface area contributed by atoms with Gasteiger partial charge in [-0.15, -0.1) is 0 Å². The minimum Gasteiger partial charge on any atom is -0.307 e. The Hall–Kier alpha value is -3.19. The summed E-state index contributed by atoms with van der Waals surface area (Å²) in [5.41, 5.74) is 1.11. The number of hydrogen-bond acceptors (Lipinski definition) is 5. The second-order valence-electron chi connectivity index (χ2n) is 6.09. The molecule has 142 valence electrons. The van der Waals surface area contributed by atoms with E-state index in [9.17, 15) is 18.0 Å². The van der Waals surface area contributed by atoms with E-state index in [0.29, 0.717) is 0 Å². The summed E-state index contributed by atoms with van der Waals surface area (Å²) in [5, 5.41) is 11.4. The number of halogens is 3. The van der Waals surface area contributed by atoms with Gasteiger partial charge < -0.3 is 5.32 Å². The van der Waals surface area contributed by atoms with Gasteiger partial charge in [0.2, 0.25) is 5.82 Å². The molecule has 0 saturated heterocycles. The molecule has 2 aromatic rings. The summed E-state index contributed by atoms with van der Waals surface area (Å²) in [4.78, 5) is 19.2. The third kappa shape index (κ3) is 4.71. The first-order valence-electron chi connectivity index (χ1n) is 7.91. The third-order valence-electron chi connectivity index (χ3n) is 3.62. The van der Waals surface area contributed by atoms with Crippen molar-refractivity contribution in [3.63, 3.8) is 0 Å². The van der Waals surface area contributed by atoms with E-state index in [4.69, 9.17) is 11.1 Å². The van der Waals surface area contributed by atoms with Crippen LogP contribution in [0, 0.1) is 17.2 Å². The molecule has 0 spiro atoms. The number of carbonyl (C=O) groups excluding carboxylic acids is 1. The highest BCUT2D eigenvalue weighted by Crippen LogP contribution is 2.41. The minimum absolute atomic E-state index is 0.0222. The summed E-state index contributed by atoms with van der Waals surface area (Å²) in [6.45, 7) is 3.66. The van der Waals surface area contributed by atoms with Gasteiger partial charge in [-0.2, -0.15) is 18.4 Å². The smallest absolute Gasteiger partial charge is 0.307 e. The van der Waals surface area contributed by atoms with Crippen molar-refractivity contribution in [3.8, 4) is 17.3 Å². The number of benzene rings is 1. The van der Waals surface area contributed by atoms with Crippen LogP contribution in [0.3, 0.4) is 0 Å². The highest BCUT2D eigenvalue weighted by atomic mass is 19.4. The normalized spacial score (nSPS) is 11.2. The van der Waals surface area contributed by atoms with Gasteiger partial charge in [0.15, 0.2) is 0 Å². The molecule has 7 nitrogen and oxygen atoms in total. The van der Waals surface area contributed by atoms with E-state index in [1.807, 2.05) is 19.3 Å². The molecule has 4 N–H and O–H groups in total. The summed E-state index contributed by atoms with van der Waals surface area (Å²) in [6, 6.07) is 4.27. The lowest BCUT2D eigenvalue weighted by molar-refractivity contribution is -0.137. The lowest BCUT2D eigenvalue weighted by atomic mass is 9.90. The molecule has 2 amide bonds. The van der Waals surface area contributed by atoms with Gasteiger partial charge in [0.25, 0.3) is 0 Å². The number of amides is 2. The van der Waals surface area contributed by atoms with Crippen molar-refractivity contribution in [1.82, 2.24) is 15.4 Å². The molecule has 10 heteroatoms. The van der Waals surface area contributed by atoms with Crippen LogP contribution in [0.5, 0.6) is 0 Å². The molecule has 0 bridgehead atoms. The zero-order valence-electron chi connectivity index (χ0n) is 14.6. The van der Waals surface area contributed by atoms with Crippen LogP contribution in [0.2, 0.25) is 0 Å².